The zero-order valence-corrected chi connectivity index (χ0v) is 10.7. The minimum atomic E-state index is -0.682. The molecule has 0 spiro atoms. The zero-order valence-electron chi connectivity index (χ0n) is 10.7. The van der Waals surface area contributed by atoms with Crippen molar-refractivity contribution < 1.29 is 14.2 Å². The number of ether oxygens (including phenoxy) is 1. The molecular weight excluding hydrogens is 245 g/mol. The first-order valence-corrected chi connectivity index (χ1v) is 6.19. The average Bonchev–Trinajstić information content (AvgIpc) is 2.42. The second-order valence-electron chi connectivity index (χ2n) is 4.23. The van der Waals surface area contributed by atoms with Crippen LogP contribution in [0.1, 0.15) is 24.2 Å². The molecule has 0 bridgehead atoms. The summed E-state index contributed by atoms with van der Waals surface area (Å²) in [7, 11) is 0. The highest BCUT2D eigenvalue weighted by Crippen LogP contribution is 2.21. The van der Waals surface area contributed by atoms with Crippen LogP contribution in [0.2, 0.25) is 0 Å². The molecule has 0 saturated heterocycles. The van der Waals surface area contributed by atoms with Crippen LogP contribution in [0.4, 0.5) is 4.39 Å². The molecule has 0 aliphatic rings. The van der Waals surface area contributed by atoms with Crippen molar-refractivity contribution in [3.8, 4) is 5.75 Å². The quantitative estimate of drug-likeness (QED) is 0.899. The topological polar surface area (TPSA) is 42.4 Å². The van der Waals surface area contributed by atoms with Crippen LogP contribution in [0, 0.1) is 5.82 Å². The summed E-state index contributed by atoms with van der Waals surface area (Å²) in [6.45, 7) is 2.45. The third-order valence-corrected chi connectivity index (χ3v) is 2.77. The highest BCUT2D eigenvalue weighted by atomic mass is 19.1. The van der Waals surface area contributed by atoms with Gasteiger partial charge >= 0.3 is 0 Å². The maximum Gasteiger partial charge on any atom is 0.137 e. The fourth-order valence-corrected chi connectivity index (χ4v) is 1.83. The van der Waals surface area contributed by atoms with Crippen LogP contribution in [0.25, 0.3) is 0 Å². The smallest absolute Gasteiger partial charge is 0.137 e. The summed E-state index contributed by atoms with van der Waals surface area (Å²) in [6.07, 6.45) is 2.95. The number of hydrogen-bond acceptors (Lipinski definition) is 3. The maximum atomic E-state index is 12.8. The number of aliphatic hydroxyl groups is 1. The summed E-state index contributed by atoms with van der Waals surface area (Å²) in [6, 6.07) is 7.87. The Morgan fingerprint density at radius 3 is 2.68 bits per heavy atom. The first-order valence-electron chi connectivity index (χ1n) is 6.19. The van der Waals surface area contributed by atoms with Crippen molar-refractivity contribution in [1.82, 2.24) is 4.98 Å². The van der Waals surface area contributed by atoms with Gasteiger partial charge in [-0.25, -0.2) is 4.39 Å². The SMILES string of the molecule is CCOc1cncc(C(O)Cc2ccc(F)cc2)c1. The van der Waals surface area contributed by atoms with Crippen LogP contribution >= 0.6 is 0 Å². The molecule has 1 aromatic heterocycles. The molecule has 0 aliphatic heterocycles. The van der Waals surface area contributed by atoms with Crippen LogP contribution in [-0.4, -0.2) is 16.7 Å². The van der Waals surface area contributed by atoms with Gasteiger partial charge in [0.25, 0.3) is 0 Å². The molecule has 0 radical (unpaired) electrons. The van der Waals surface area contributed by atoms with Gasteiger partial charge in [0.1, 0.15) is 11.6 Å². The van der Waals surface area contributed by atoms with Crippen LogP contribution in [0.3, 0.4) is 0 Å². The average molecular weight is 261 g/mol. The maximum absolute atomic E-state index is 12.8. The predicted octanol–water partition coefficient (Wildman–Crippen LogP) is 2.90. The van der Waals surface area contributed by atoms with Gasteiger partial charge in [-0.3, -0.25) is 4.98 Å². The van der Waals surface area contributed by atoms with Gasteiger partial charge in [-0.2, -0.15) is 0 Å². The summed E-state index contributed by atoms with van der Waals surface area (Å²) in [5, 5.41) is 10.1. The predicted molar refractivity (Wildman–Crippen MR) is 70.5 cm³/mol. The van der Waals surface area contributed by atoms with Crippen LogP contribution in [-0.2, 0) is 6.42 Å². The molecule has 1 atom stereocenters. The van der Waals surface area contributed by atoms with Crippen molar-refractivity contribution in [3.05, 3.63) is 59.7 Å². The molecule has 1 heterocycles. The van der Waals surface area contributed by atoms with Crippen molar-refractivity contribution in [2.75, 3.05) is 6.61 Å². The van der Waals surface area contributed by atoms with E-state index < -0.39 is 6.10 Å². The molecule has 0 aliphatic carbocycles. The number of hydrogen-bond donors (Lipinski definition) is 1. The van der Waals surface area contributed by atoms with Gasteiger partial charge < -0.3 is 9.84 Å². The third kappa shape index (κ3) is 3.76. The summed E-state index contributed by atoms with van der Waals surface area (Å²) in [5.74, 6) is 0.358. The summed E-state index contributed by atoms with van der Waals surface area (Å²) in [5.41, 5.74) is 1.56. The summed E-state index contributed by atoms with van der Waals surface area (Å²) in [4.78, 5) is 4.04. The van der Waals surface area contributed by atoms with E-state index in [1.807, 2.05) is 6.92 Å². The van der Waals surface area contributed by atoms with E-state index in [2.05, 4.69) is 4.98 Å². The van der Waals surface area contributed by atoms with Gasteiger partial charge in [0.15, 0.2) is 0 Å². The lowest BCUT2D eigenvalue weighted by molar-refractivity contribution is 0.177. The summed E-state index contributed by atoms with van der Waals surface area (Å²) < 4.78 is 18.1. The van der Waals surface area contributed by atoms with E-state index in [4.69, 9.17) is 4.74 Å². The van der Waals surface area contributed by atoms with Crippen LogP contribution in [0.15, 0.2) is 42.7 Å². The van der Waals surface area contributed by atoms with Crippen LogP contribution in [0.5, 0.6) is 5.75 Å². The molecule has 1 aromatic carbocycles. The Labute approximate surface area is 111 Å². The molecule has 100 valence electrons. The standard InChI is InChI=1S/C15H16FNO2/c1-2-19-14-8-12(9-17-10-14)15(18)7-11-3-5-13(16)6-4-11/h3-6,8-10,15,18H,2,7H2,1H3. The normalized spacial score (nSPS) is 12.2. The zero-order chi connectivity index (χ0) is 13.7. The van der Waals surface area contributed by atoms with E-state index >= 15 is 0 Å². The number of halogens is 1. The second kappa shape index (κ2) is 6.29. The molecule has 0 amide bonds. The van der Waals surface area contributed by atoms with E-state index in [9.17, 15) is 9.50 Å². The van der Waals surface area contributed by atoms with Crippen molar-refractivity contribution in [2.45, 2.75) is 19.4 Å². The second-order valence-corrected chi connectivity index (χ2v) is 4.23. The Bertz CT molecular complexity index is 528. The van der Waals surface area contributed by atoms with Gasteiger partial charge in [-0.05, 0) is 30.7 Å². The van der Waals surface area contributed by atoms with E-state index in [0.29, 0.717) is 24.3 Å². The minimum absolute atomic E-state index is 0.279. The molecule has 2 aromatic rings. The third-order valence-electron chi connectivity index (χ3n) is 2.77. The molecule has 3 nitrogen and oxygen atoms in total. The number of pyridine rings is 1. The number of aromatic nitrogens is 1. The van der Waals surface area contributed by atoms with Gasteiger partial charge in [-0.15, -0.1) is 0 Å². The molecule has 0 fully saturated rings. The number of nitrogens with zero attached hydrogens (tertiary/aromatic N) is 1. The monoisotopic (exact) mass is 261 g/mol. The fourth-order valence-electron chi connectivity index (χ4n) is 1.83. The number of rotatable bonds is 5. The van der Waals surface area contributed by atoms with Crippen molar-refractivity contribution in [2.24, 2.45) is 0 Å². The number of aliphatic hydroxyl groups excluding tert-OH is 1. The van der Waals surface area contributed by atoms with Gasteiger partial charge in [0.05, 0.1) is 18.9 Å². The number of benzene rings is 1. The Kier molecular flexibility index (Phi) is 4.47. The highest BCUT2D eigenvalue weighted by molar-refractivity contribution is 5.27. The van der Waals surface area contributed by atoms with Gasteiger partial charge in [0.2, 0.25) is 0 Å². The largest absolute Gasteiger partial charge is 0.492 e. The fraction of sp³-hybridized carbons (Fsp3) is 0.267. The molecule has 2 rings (SSSR count). The van der Waals surface area contributed by atoms with E-state index in [-0.39, 0.29) is 5.82 Å². The molecule has 19 heavy (non-hydrogen) atoms. The minimum Gasteiger partial charge on any atom is -0.492 e. The van der Waals surface area contributed by atoms with E-state index in [1.54, 1.807) is 30.6 Å². The lowest BCUT2D eigenvalue weighted by atomic mass is 10.0. The molecular formula is C15H16FNO2. The van der Waals surface area contributed by atoms with Crippen molar-refractivity contribution in [1.29, 1.82) is 0 Å². The van der Waals surface area contributed by atoms with Crippen molar-refractivity contribution >= 4 is 0 Å². The van der Waals surface area contributed by atoms with Gasteiger partial charge in [0, 0.05) is 18.2 Å². The Balaban J connectivity index is 2.08. The van der Waals surface area contributed by atoms with Gasteiger partial charge in [-0.1, -0.05) is 12.1 Å². The molecule has 1 N–H and O–H groups in total. The lowest BCUT2D eigenvalue weighted by Gasteiger charge is -2.12. The van der Waals surface area contributed by atoms with Crippen molar-refractivity contribution in [3.63, 3.8) is 0 Å². The van der Waals surface area contributed by atoms with E-state index in [0.717, 1.165) is 5.56 Å². The van der Waals surface area contributed by atoms with E-state index in [1.165, 1.54) is 12.1 Å². The summed E-state index contributed by atoms with van der Waals surface area (Å²) >= 11 is 0. The Morgan fingerprint density at radius 1 is 1.26 bits per heavy atom. The molecule has 1 unspecified atom stereocenters. The molecule has 0 saturated carbocycles. The highest BCUT2D eigenvalue weighted by Gasteiger charge is 2.10. The molecule has 4 heteroatoms. The Hall–Kier alpha value is -1.94. The Morgan fingerprint density at radius 2 is 2.00 bits per heavy atom. The first-order chi connectivity index (χ1) is 9.19. The lowest BCUT2D eigenvalue weighted by Crippen LogP contribution is -2.03. The first kappa shape index (κ1) is 13.5. The van der Waals surface area contributed by atoms with Crippen LogP contribution < -0.4 is 4.74 Å².